The predicted octanol–water partition coefficient (Wildman–Crippen LogP) is 3.61. The monoisotopic (exact) mass is 281 g/mol. The number of hydrogen-bond donors (Lipinski definition) is 0. The highest BCUT2D eigenvalue weighted by atomic mass is 19.1. The number of aromatic nitrogens is 1. The standard InChI is InChI=1S/C17H12FNO2/c1-21-15-7-4-10-19-16(15)17(20)13-8-9-14(18)12-6-3-2-5-11(12)13/h2-10H,1H3. The van der Waals surface area contributed by atoms with E-state index in [9.17, 15) is 9.18 Å². The molecule has 0 N–H and O–H groups in total. The summed E-state index contributed by atoms with van der Waals surface area (Å²) >= 11 is 0. The predicted molar refractivity (Wildman–Crippen MR) is 78.1 cm³/mol. The van der Waals surface area contributed by atoms with E-state index in [1.165, 1.54) is 25.4 Å². The zero-order valence-electron chi connectivity index (χ0n) is 11.3. The Kier molecular flexibility index (Phi) is 3.36. The SMILES string of the molecule is COc1cccnc1C(=O)c1ccc(F)c2ccccc12. The van der Waals surface area contributed by atoms with Gasteiger partial charge in [-0.05, 0) is 29.7 Å². The van der Waals surface area contributed by atoms with Crippen LogP contribution in [0.25, 0.3) is 10.8 Å². The molecule has 2 aromatic carbocycles. The maximum atomic E-state index is 13.8. The third-order valence-corrected chi connectivity index (χ3v) is 3.32. The summed E-state index contributed by atoms with van der Waals surface area (Å²) in [6.45, 7) is 0. The van der Waals surface area contributed by atoms with Crippen molar-refractivity contribution < 1.29 is 13.9 Å². The van der Waals surface area contributed by atoms with Gasteiger partial charge in [-0.25, -0.2) is 9.37 Å². The van der Waals surface area contributed by atoms with Gasteiger partial charge in [0.25, 0.3) is 0 Å². The molecule has 0 fully saturated rings. The molecule has 104 valence electrons. The van der Waals surface area contributed by atoms with E-state index < -0.39 is 0 Å². The van der Waals surface area contributed by atoms with Crippen LogP contribution in [0.2, 0.25) is 0 Å². The number of benzene rings is 2. The maximum absolute atomic E-state index is 13.8. The zero-order valence-corrected chi connectivity index (χ0v) is 11.3. The van der Waals surface area contributed by atoms with Gasteiger partial charge in [0.2, 0.25) is 5.78 Å². The van der Waals surface area contributed by atoms with E-state index >= 15 is 0 Å². The molecule has 3 nitrogen and oxygen atoms in total. The molecule has 0 bridgehead atoms. The maximum Gasteiger partial charge on any atom is 0.215 e. The van der Waals surface area contributed by atoms with Crippen molar-refractivity contribution in [3.8, 4) is 5.75 Å². The van der Waals surface area contributed by atoms with Gasteiger partial charge in [0.05, 0.1) is 7.11 Å². The second-order valence-electron chi connectivity index (χ2n) is 4.52. The number of ether oxygens (including phenoxy) is 1. The lowest BCUT2D eigenvalue weighted by Gasteiger charge is -2.09. The summed E-state index contributed by atoms with van der Waals surface area (Å²) in [4.78, 5) is 16.8. The summed E-state index contributed by atoms with van der Waals surface area (Å²) in [7, 11) is 1.48. The number of fused-ring (bicyclic) bond motifs is 1. The summed E-state index contributed by atoms with van der Waals surface area (Å²) in [5.41, 5.74) is 0.626. The van der Waals surface area contributed by atoms with Crippen LogP contribution in [-0.2, 0) is 0 Å². The first kappa shape index (κ1) is 13.2. The largest absolute Gasteiger partial charge is 0.494 e. The Bertz CT molecular complexity index is 830. The first-order valence-electron chi connectivity index (χ1n) is 6.43. The first-order chi connectivity index (χ1) is 10.2. The molecule has 1 heterocycles. The zero-order chi connectivity index (χ0) is 14.8. The molecule has 0 amide bonds. The summed E-state index contributed by atoms with van der Waals surface area (Å²) in [5.74, 6) is -0.241. The molecule has 0 spiro atoms. The van der Waals surface area contributed by atoms with Crippen LogP contribution in [0, 0.1) is 5.82 Å². The fourth-order valence-electron chi connectivity index (χ4n) is 2.31. The van der Waals surface area contributed by atoms with Gasteiger partial charge in [-0.3, -0.25) is 4.79 Å². The lowest BCUT2D eigenvalue weighted by Crippen LogP contribution is -2.07. The van der Waals surface area contributed by atoms with Gasteiger partial charge < -0.3 is 4.74 Å². The topological polar surface area (TPSA) is 39.2 Å². The Balaban J connectivity index is 2.21. The van der Waals surface area contributed by atoms with Gasteiger partial charge in [-0.2, -0.15) is 0 Å². The quantitative estimate of drug-likeness (QED) is 0.688. The van der Waals surface area contributed by atoms with E-state index in [1.807, 2.05) is 0 Å². The van der Waals surface area contributed by atoms with Gasteiger partial charge in [0.15, 0.2) is 5.69 Å². The van der Waals surface area contributed by atoms with Crippen molar-refractivity contribution in [2.75, 3.05) is 7.11 Å². The Morgan fingerprint density at radius 1 is 1.05 bits per heavy atom. The Morgan fingerprint density at radius 2 is 1.81 bits per heavy atom. The highest BCUT2D eigenvalue weighted by Crippen LogP contribution is 2.26. The molecule has 0 aliphatic rings. The van der Waals surface area contributed by atoms with Crippen molar-refractivity contribution in [3.63, 3.8) is 0 Å². The molecular weight excluding hydrogens is 269 g/mol. The Morgan fingerprint density at radius 3 is 2.57 bits per heavy atom. The highest BCUT2D eigenvalue weighted by Gasteiger charge is 2.18. The normalized spacial score (nSPS) is 10.6. The summed E-state index contributed by atoms with van der Waals surface area (Å²) in [6, 6.07) is 13.0. The van der Waals surface area contributed by atoms with Gasteiger partial charge in [0, 0.05) is 17.1 Å². The average Bonchev–Trinajstić information content (AvgIpc) is 2.55. The number of halogens is 1. The molecule has 3 rings (SSSR count). The van der Waals surface area contributed by atoms with Gasteiger partial charge in [-0.1, -0.05) is 24.3 Å². The van der Waals surface area contributed by atoms with E-state index in [2.05, 4.69) is 4.98 Å². The number of ketones is 1. The molecule has 0 saturated carbocycles. The molecule has 21 heavy (non-hydrogen) atoms. The smallest absolute Gasteiger partial charge is 0.215 e. The molecule has 0 saturated heterocycles. The molecule has 0 atom stereocenters. The average molecular weight is 281 g/mol. The number of hydrogen-bond acceptors (Lipinski definition) is 3. The Labute approximate surface area is 121 Å². The molecule has 3 aromatic rings. The highest BCUT2D eigenvalue weighted by molar-refractivity contribution is 6.16. The fraction of sp³-hybridized carbons (Fsp3) is 0.0588. The summed E-state index contributed by atoms with van der Waals surface area (Å²) < 4.78 is 19.0. The third-order valence-electron chi connectivity index (χ3n) is 3.32. The van der Waals surface area contributed by atoms with Gasteiger partial charge >= 0.3 is 0 Å². The molecule has 4 heteroatoms. The van der Waals surface area contributed by atoms with Gasteiger partial charge in [0.1, 0.15) is 11.6 Å². The van der Waals surface area contributed by atoms with Crippen LogP contribution in [0.4, 0.5) is 4.39 Å². The van der Waals surface area contributed by atoms with Crippen LogP contribution in [0.5, 0.6) is 5.75 Å². The van der Waals surface area contributed by atoms with E-state index in [4.69, 9.17) is 4.74 Å². The summed E-state index contributed by atoms with van der Waals surface area (Å²) in [6.07, 6.45) is 1.53. The lowest BCUT2D eigenvalue weighted by molar-refractivity contribution is 0.103. The minimum Gasteiger partial charge on any atom is -0.494 e. The minimum atomic E-state index is -0.352. The second-order valence-corrected chi connectivity index (χ2v) is 4.52. The first-order valence-corrected chi connectivity index (χ1v) is 6.43. The number of pyridine rings is 1. The van der Waals surface area contributed by atoms with Crippen molar-refractivity contribution in [3.05, 3.63) is 71.8 Å². The Hall–Kier alpha value is -2.75. The number of carbonyl (C=O) groups is 1. The number of carbonyl (C=O) groups excluding carboxylic acids is 1. The van der Waals surface area contributed by atoms with Crippen LogP contribution in [0.1, 0.15) is 16.1 Å². The van der Waals surface area contributed by atoms with Crippen molar-refractivity contribution in [2.45, 2.75) is 0 Å². The van der Waals surface area contributed by atoms with E-state index in [-0.39, 0.29) is 17.3 Å². The number of methoxy groups -OCH3 is 1. The molecule has 0 aliphatic carbocycles. The van der Waals surface area contributed by atoms with Crippen LogP contribution in [0.3, 0.4) is 0 Å². The van der Waals surface area contributed by atoms with Crippen LogP contribution in [-0.4, -0.2) is 17.9 Å². The number of nitrogens with zero attached hydrogens (tertiary/aromatic N) is 1. The van der Waals surface area contributed by atoms with Crippen LogP contribution in [0.15, 0.2) is 54.7 Å². The van der Waals surface area contributed by atoms with E-state index in [0.29, 0.717) is 22.1 Å². The lowest BCUT2D eigenvalue weighted by atomic mass is 9.99. The molecule has 0 aliphatic heterocycles. The third kappa shape index (κ3) is 2.25. The van der Waals surface area contributed by atoms with E-state index in [1.54, 1.807) is 36.4 Å². The van der Waals surface area contributed by atoms with Gasteiger partial charge in [-0.15, -0.1) is 0 Å². The molecule has 1 aromatic heterocycles. The minimum absolute atomic E-state index is 0.219. The molecular formula is C17H12FNO2. The van der Waals surface area contributed by atoms with Crippen molar-refractivity contribution in [2.24, 2.45) is 0 Å². The van der Waals surface area contributed by atoms with Crippen LogP contribution < -0.4 is 4.74 Å². The molecule has 0 unspecified atom stereocenters. The number of rotatable bonds is 3. The van der Waals surface area contributed by atoms with E-state index in [0.717, 1.165) is 0 Å². The van der Waals surface area contributed by atoms with Crippen LogP contribution >= 0.6 is 0 Å². The second kappa shape index (κ2) is 5.32. The fourth-order valence-corrected chi connectivity index (χ4v) is 2.31. The molecule has 0 radical (unpaired) electrons. The van der Waals surface area contributed by atoms with Crippen molar-refractivity contribution in [1.29, 1.82) is 0 Å². The van der Waals surface area contributed by atoms with Crippen molar-refractivity contribution in [1.82, 2.24) is 4.98 Å². The van der Waals surface area contributed by atoms with Crippen molar-refractivity contribution >= 4 is 16.6 Å². The summed E-state index contributed by atoms with van der Waals surface area (Å²) in [5, 5.41) is 0.980.